The summed E-state index contributed by atoms with van der Waals surface area (Å²) in [7, 11) is 0. The van der Waals surface area contributed by atoms with Crippen LogP contribution in [0.25, 0.3) is 0 Å². The smallest absolute Gasteiger partial charge is 0.475 e. The average Bonchev–Trinajstić information content (AvgIpc) is 3.14. The van der Waals surface area contributed by atoms with Gasteiger partial charge in [-0.15, -0.1) is 0 Å². The summed E-state index contributed by atoms with van der Waals surface area (Å²) in [5.41, 5.74) is 0.932. The molecular formula is C14H14F3NO4. The van der Waals surface area contributed by atoms with Crippen molar-refractivity contribution in [1.82, 2.24) is 5.32 Å². The van der Waals surface area contributed by atoms with Crippen molar-refractivity contribution >= 4 is 11.8 Å². The summed E-state index contributed by atoms with van der Waals surface area (Å²) in [4.78, 5) is 20.9. The second-order valence-corrected chi connectivity index (χ2v) is 5.09. The fourth-order valence-electron chi connectivity index (χ4n) is 2.52. The molecular weight excluding hydrogens is 303 g/mol. The predicted octanol–water partition coefficient (Wildman–Crippen LogP) is 2.26. The lowest BCUT2D eigenvalue weighted by Gasteiger charge is -2.04. The zero-order valence-corrected chi connectivity index (χ0v) is 11.4. The number of Topliss-reactive ketones (excluding diaryl/α,β-unsaturated/α-hetero) is 1. The number of fused-ring (bicyclic) bond motifs is 1. The molecule has 0 radical (unpaired) electrons. The van der Waals surface area contributed by atoms with Crippen molar-refractivity contribution in [1.29, 1.82) is 0 Å². The van der Waals surface area contributed by atoms with Crippen LogP contribution in [0, 0.1) is 11.8 Å². The number of carboxylic acids is 1. The molecule has 1 aromatic rings. The Hall–Kier alpha value is -2.09. The molecule has 1 aromatic heterocycles. The maximum Gasteiger partial charge on any atom is 0.490 e. The number of ketones is 1. The Morgan fingerprint density at radius 3 is 2.50 bits per heavy atom. The van der Waals surface area contributed by atoms with Crippen LogP contribution in [0.5, 0.6) is 0 Å². The molecule has 0 amide bonds. The highest BCUT2D eigenvalue weighted by molar-refractivity contribution is 6.07. The number of allylic oxidation sites excluding steroid dienone is 1. The van der Waals surface area contributed by atoms with Gasteiger partial charge in [0, 0.05) is 12.1 Å². The Labute approximate surface area is 123 Å². The van der Waals surface area contributed by atoms with E-state index in [0.717, 1.165) is 25.1 Å². The molecule has 8 heteroatoms. The van der Waals surface area contributed by atoms with E-state index in [2.05, 4.69) is 11.4 Å². The van der Waals surface area contributed by atoms with Crippen molar-refractivity contribution in [3.63, 3.8) is 0 Å². The van der Waals surface area contributed by atoms with Crippen LogP contribution in [0.2, 0.25) is 0 Å². The molecule has 1 aliphatic heterocycles. The minimum absolute atomic E-state index is 0.0643. The van der Waals surface area contributed by atoms with Gasteiger partial charge in [0.1, 0.15) is 0 Å². The number of hydrogen-bond acceptors (Lipinski definition) is 4. The van der Waals surface area contributed by atoms with Crippen LogP contribution in [0.1, 0.15) is 17.0 Å². The fraction of sp³-hybridized carbons (Fsp3) is 0.429. The van der Waals surface area contributed by atoms with Gasteiger partial charge in [-0.1, -0.05) is 6.08 Å². The molecule has 2 aliphatic rings. The van der Waals surface area contributed by atoms with E-state index in [0.29, 0.717) is 17.6 Å². The van der Waals surface area contributed by atoms with E-state index >= 15 is 0 Å². The van der Waals surface area contributed by atoms with E-state index in [1.54, 1.807) is 18.4 Å². The molecule has 0 bridgehead atoms. The first-order valence-electron chi connectivity index (χ1n) is 6.58. The lowest BCUT2D eigenvalue weighted by atomic mass is 9.99. The zero-order chi connectivity index (χ0) is 16.3. The van der Waals surface area contributed by atoms with Gasteiger partial charge in [-0.25, -0.2) is 4.79 Å². The number of nitrogens with one attached hydrogen (secondary N) is 1. The average molecular weight is 317 g/mol. The molecule has 2 N–H and O–H groups in total. The molecule has 1 saturated heterocycles. The van der Waals surface area contributed by atoms with E-state index in [-0.39, 0.29) is 5.78 Å². The van der Waals surface area contributed by atoms with E-state index < -0.39 is 12.1 Å². The highest BCUT2D eigenvalue weighted by Gasteiger charge is 2.38. The molecule has 0 aromatic carbocycles. The number of carboxylic acid groups (broad SMARTS) is 1. The minimum Gasteiger partial charge on any atom is -0.475 e. The number of alkyl halides is 3. The van der Waals surface area contributed by atoms with E-state index in [1.165, 1.54) is 0 Å². The van der Waals surface area contributed by atoms with Crippen molar-refractivity contribution in [3.8, 4) is 0 Å². The van der Waals surface area contributed by atoms with E-state index in [9.17, 15) is 18.0 Å². The Balaban J connectivity index is 0.000000217. The first kappa shape index (κ1) is 16.3. The summed E-state index contributed by atoms with van der Waals surface area (Å²) in [6, 6.07) is 3.49. The summed E-state index contributed by atoms with van der Waals surface area (Å²) in [5, 5.41) is 10.5. The number of halogens is 3. The summed E-state index contributed by atoms with van der Waals surface area (Å²) in [6.07, 6.45) is -0.516. The first-order valence-corrected chi connectivity index (χ1v) is 6.58. The highest BCUT2D eigenvalue weighted by Crippen LogP contribution is 2.34. The molecule has 3 rings (SSSR count). The van der Waals surface area contributed by atoms with Gasteiger partial charge in [0.25, 0.3) is 0 Å². The van der Waals surface area contributed by atoms with Crippen molar-refractivity contribution in [2.24, 2.45) is 11.8 Å². The number of furan rings is 1. The summed E-state index contributed by atoms with van der Waals surface area (Å²) < 4.78 is 36.9. The molecule has 22 heavy (non-hydrogen) atoms. The first-order chi connectivity index (χ1) is 10.3. The lowest BCUT2D eigenvalue weighted by Crippen LogP contribution is -2.21. The molecule has 0 saturated carbocycles. The molecule has 2 heterocycles. The highest BCUT2D eigenvalue weighted by atomic mass is 19.4. The summed E-state index contributed by atoms with van der Waals surface area (Å²) in [6.45, 7) is 2.05. The van der Waals surface area contributed by atoms with Crippen molar-refractivity contribution in [3.05, 3.63) is 35.8 Å². The number of rotatable bonds is 2. The summed E-state index contributed by atoms with van der Waals surface area (Å²) in [5.74, 6) is -1.05. The van der Waals surface area contributed by atoms with Crippen LogP contribution < -0.4 is 5.32 Å². The van der Waals surface area contributed by atoms with Crippen LogP contribution in [0.15, 0.2) is 34.5 Å². The number of carbonyl (C=O) groups is 2. The van der Waals surface area contributed by atoms with Gasteiger partial charge < -0.3 is 14.8 Å². The third kappa shape index (κ3) is 3.76. The lowest BCUT2D eigenvalue weighted by molar-refractivity contribution is -0.192. The SMILES string of the molecule is O=C(C1=CC2CNCC2C1)c1ccco1.O=C(O)C(F)(F)F. The van der Waals surface area contributed by atoms with Gasteiger partial charge >= 0.3 is 12.1 Å². The Morgan fingerprint density at radius 1 is 1.32 bits per heavy atom. The Bertz CT molecular complexity index is 577. The van der Waals surface area contributed by atoms with E-state index in [4.69, 9.17) is 14.3 Å². The maximum atomic E-state index is 12.0. The molecule has 5 nitrogen and oxygen atoms in total. The normalized spacial score (nSPS) is 23.3. The van der Waals surface area contributed by atoms with Crippen molar-refractivity contribution in [2.75, 3.05) is 13.1 Å². The maximum absolute atomic E-state index is 12.0. The largest absolute Gasteiger partial charge is 0.490 e. The Morgan fingerprint density at radius 2 is 2.00 bits per heavy atom. The van der Waals surface area contributed by atoms with Gasteiger partial charge in [0.05, 0.1) is 6.26 Å². The number of carbonyl (C=O) groups excluding carboxylic acids is 1. The molecule has 2 atom stereocenters. The predicted molar refractivity (Wildman–Crippen MR) is 69.3 cm³/mol. The van der Waals surface area contributed by atoms with Gasteiger partial charge in [0.15, 0.2) is 5.76 Å². The number of hydrogen-bond donors (Lipinski definition) is 2. The fourth-order valence-corrected chi connectivity index (χ4v) is 2.52. The van der Waals surface area contributed by atoms with Crippen LogP contribution in [0.4, 0.5) is 13.2 Å². The van der Waals surface area contributed by atoms with Crippen LogP contribution in [0.3, 0.4) is 0 Å². The standard InChI is InChI=1S/C12H13NO2.C2HF3O2/c14-12(11-2-1-3-15-11)8-4-9-6-13-7-10(9)5-8;3-2(4,5)1(6)7/h1-4,9-10,13H,5-7H2;(H,6,7). The molecule has 0 spiro atoms. The second kappa shape index (κ2) is 6.35. The van der Waals surface area contributed by atoms with Crippen LogP contribution in [-0.4, -0.2) is 36.1 Å². The topological polar surface area (TPSA) is 79.5 Å². The molecule has 1 aliphatic carbocycles. The second-order valence-electron chi connectivity index (χ2n) is 5.09. The zero-order valence-electron chi connectivity index (χ0n) is 11.4. The quantitative estimate of drug-likeness (QED) is 0.818. The third-order valence-corrected chi connectivity index (χ3v) is 3.57. The number of aliphatic carboxylic acids is 1. The monoisotopic (exact) mass is 317 g/mol. The van der Waals surface area contributed by atoms with Crippen LogP contribution in [-0.2, 0) is 4.79 Å². The van der Waals surface area contributed by atoms with Gasteiger partial charge in [-0.05, 0) is 36.9 Å². The molecule has 1 fully saturated rings. The summed E-state index contributed by atoms with van der Waals surface area (Å²) >= 11 is 0. The van der Waals surface area contributed by atoms with Crippen molar-refractivity contribution < 1.29 is 32.3 Å². The Kier molecular flexibility index (Phi) is 4.70. The minimum atomic E-state index is -5.08. The van der Waals surface area contributed by atoms with Crippen molar-refractivity contribution in [2.45, 2.75) is 12.6 Å². The van der Waals surface area contributed by atoms with Gasteiger partial charge in [-0.3, -0.25) is 4.79 Å². The van der Waals surface area contributed by atoms with E-state index in [1.807, 2.05) is 0 Å². The van der Waals surface area contributed by atoms with Gasteiger partial charge in [0.2, 0.25) is 5.78 Å². The van der Waals surface area contributed by atoms with Gasteiger partial charge in [-0.2, -0.15) is 13.2 Å². The third-order valence-electron chi connectivity index (χ3n) is 3.57. The molecule has 2 unspecified atom stereocenters. The van der Waals surface area contributed by atoms with Crippen LogP contribution >= 0.6 is 0 Å². The molecule has 120 valence electrons.